The minimum atomic E-state index is -0.333. The molecule has 2 atom stereocenters. The maximum Gasteiger partial charge on any atom is 0.251 e. The molecule has 2 amide bonds. The van der Waals surface area contributed by atoms with Gasteiger partial charge in [-0.3, -0.25) is 14.4 Å². The number of phenolic OH excluding ortho intramolecular Hbond substituents is 6. The Hall–Kier alpha value is -4.93. The second kappa shape index (κ2) is 15.0. The molecule has 4 saturated carbocycles. The van der Waals surface area contributed by atoms with E-state index in [-0.39, 0.29) is 79.5 Å². The van der Waals surface area contributed by atoms with Crippen molar-refractivity contribution in [3.8, 4) is 34.5 Å². The Balaban J connectivity index is 1.08. The number of aromatic hydroxyl groups is 6. The topological polar surface area (TPSA) is 197 Å². The first kappa shape index (κ1) is 36.8. The maximum atomic E-state index is 12.9. The van der Waals surface area contributed by atoms with Crippen LogP contribution in [0.2, 0.25) is 0 Å². The first-order valence-corrected chi connectivity index (χ1v) is 18.4. The molecule has 3 aromatic carbocycles. The molecule has 4 fully saturated rings. The Morgan fingerprint density at radius 1 is 0.519 bits per heavy atom. The van der Waals surface area contributed by atoms with Crippen LogP contribution in [0.3, 0.4) is 0 Å². The van der Waals surface area contributed by atoms with E-state index >= 15 is 0 Å². The Bertz CT molecular complexity index is 1610. The fourth-order valence-corrected chi connectivity index (χ4v) is 10.4. The number of rotatable bonds is 16. The summed E-state index contributed by atoms with van der Waals surface area (Å²) in [6.45, 7) is 1.00. The summed E-state index contributed by atoms with van der Waals surface area (Å²) in [7, 11) is 0. The second-order valence-corrected chi connectivity index (χ2v) is 16.0. The van der Waals surface area contributed by atoms with Crippen LogP contribution in [-0.4, -0.2) is 61.3 Å². The fraction of sp³-hybridized carbons (Fsp3) is 0.488. The van der Waals surface area contributed by atoms with Crippen molar-refractivity contribution in [3.05, 3.63) is 71.3 Å². The summed E-state index contributed by atoms with van der Waals surface area (Å²) in [5, 5.41) is 64.2. The van der Waals surface area contributed by atoms with E-state index in [2.05, 4.69) is 10.6 Å². The van der Waals surface area contributed by atoms with Gasteiger partial charge in [0.15, 0.2) is 40.3 Å². The van der Waals surface area contributed by atoms with Gasteiger partial charge in [0.05, 0.1) is 0 Å². The number of hydrogen-bond donors (Lipinski definition) is 8. The maximum absolute atomic E-state index is 12.9. The van der Waals surface area contributed by atoms with Gasteiger partial charge < -0.3 is 41.3 Å². The molecule has 8 N–H and O–H groups in total. The molecule has 0 spiro atoms. The molecule has 4 aliphatic rings. The van der Waals surface area contributed by atoms with Crippen LogP contribution in [0.4, 0.5) is 0 Å². The van der Waals surface area contributed by atoms with Crippen molar-refractivity contribution in [2.75, 3.05) is 13.1 Å². The zero-order valence-corrected chi connectivity index (χ0v) is 29.5. The van der Waals surface area contributed by atoms with Crippen LogP contribution in [0.25, 0.3) is 0 Å². The van der Waals surface area contributed by atoms with Gasteiger partial charge in [0.2, 0.25) is 0 Å². The first-order valence-electron chi connectivity index (χ1n) is 18.4. The molecular formula is C41H50N2O9. The Morgan fingerprint density at radius 3 is 1.33 bits per heavy atom. The van der Waals surface area contributed by atoms with Crippen LogP contribution in [0.5, 0.6) is 34.5 Å². The van der Waals surface area contributed by atoms with Gasteiger partial charge in [-0.1, -0.05) is 6.42 Å². The number of ketones is 1. The minimum absolute atomic E-state index is 0.0529. The Morgan fingerprint density at radius 2 is 0.904 bits per heavy atom. The summed E-state index contributed by atoms with van der Waals surface area (Å²) in [5.41, 5.74) is 1.43. The van der Waals surface area contributed by atoms with Crippen molar-refractivity contribution in [1.29, 1.82) is 0 Å². The third-order valence-electron chi connectivity index (χ3n) is 11.9. The Kier molecular flexibility index (Phi) is 10.6. The highest BCUT2D eigenvalue weighted by Crippen LogP contribution is 2.73. The van der Waals surface area contributed by atoms with Crippen molar-refractivity contribution in [2.45, 2.75) is 89.9 Å². The smallest absolute Gasteiger partial charge is 0.251 e. The second-order valence-electron chi connectivity index (χ2n) is 16.0. The average molecular weight is 715 g/mol. The lowest BCUT2D eigenvalue weighted by molar-refractivity contribution is -0.168. The molecule has 7 rings (SSSR count). The van der Waals surface area contributed by atoms with Crippen LogP contribution in [0, 0.1) is 22.2 Å². The third-order valence-corrected chi connectivity index (χ3v) is 11.9. The van der Waals surface area contributed by atoms with E-state index in [1.165, 1.54) is 73.9 Å². The van der Waals surface area contributed by atoms with Gasteiger partial charge in [0.1, 0.15) is 0 Å². The van der Waals surface area contributed by atoms with Gasteiger partial charge in [-0.2, -0.15) is 0 Å². The molecule has 11 heteroatoms. The number of hydrogen-bond acceptors (Lipinski definition) is 9. The molecule has 52 heavy (non-hydrogen) atoms. The van der Waals surface area contributed by atoms with Gasteiger partial charge in [-0.25, -0.2) is 0 Å². The summed E-state index contributed by atoms with van der Waals surface area (Å²) in [6, 6.07) is 12.3. The minimum Gasteiger partial charge on any atom is -0.504 e. The lowest BCUT2D eigenvalue weighted by Crippen LogP contribution is -2.57. The standard InChI is InChI=1S/C41H50N2O9/c44-30(27-6-9-31(45)34(48)17-27)5-1-2-12-39-20-26-21-40(23-39,13-3-15-42-37(51)28-7-10-32(46)35(49)18-28)25-41(22-26,24-39)14-4-16-43-38(52)29-8-11-33(47)36(50)19-29/h6-11,17-19,26,45-50H,1-5,12-16,20-25H2,(H,42,51)(H,43,52). The number of amides is 2. The van der Waals surface area contributed by atoms with Gasteiger partial charge >= 0.3 is 0 Å². The third kappa shape index (κ3) is 8.24. The number of unbranched alkanes of at least 4 members (excludes halogenated alkanes) is 1. The van der Waals surface area contributed by atoms with Crippen LogP contribution in [-0.2, 0) is 0 Å². The van der Waals surface area contributed by atoms with Gasteiger partial charge in [-0.15, -0.1) is 0 Å². The average Bonchev–Trinajstić information content (AvgIpc) is 3.09. The van der Waals surface area contributed by atoms with Gasteiger partial charge in [0.25, 0.3) is 11.8 Å². The fourth-order valence-electron chi connectivity index (χ4n) is 10.4. The summed E-state index contributed by atoms with van der Waals surface area (Å²) in [5.74, 6) is -1.80. The van der Waals surface area contributed by atoms with E-state index in [1.54, 1.807) is 0 Å². The highest BCUT2D eigenvalue weighted by atomic mass is 16.3. The van der Waals surface area contributed by atoms with Crippen LogP contribution in [0.15, 0.2) is 54.6 Å². The number of nitrogens with one attached hydrogen (secondary N) is 2. The van der Waals surface area contributed by atoms with E-state index < -0.39 is 0 Å². The molecule has 0 aliphatic heterocycles. The molecule has 0 saturated heterocycles. The SMILES string of the molecule is O=C(CCCCC12CC3CC(CCCNC(=O)c4ccc(O)c(O)c4)(C1)CC(CCCNC(=O)c1ccc(O)c(O)c1)(C3)C2)c1ccc(O)c(O)c1. The van der Waals surface area contributed by atoms with Crippen molar-refractivity contribution in [2.24, 2.45) is 22.2 Å². The summed E-state index contributed by atoms with van der Waals surface area (Å²) in [4.78, 5) is 38.4. The lowest BCUT2D eigenvalue weighted by atomic mass is 9.37. The molecule has 2 unspecified atom stereocenters. The molecule has 4 aliphatic carbocycles. The molecule has 3 aromatic rings. The highest BCUT2D eigenvalue weighted by molar-refractivity contribution is 5.97. The predicted molar refractivity (Wildman–Crippen MR) is 194 cm³/mol. The first-order chi connectivity index (χ1) is 24.8. The number of carbonyl (C=O) groups excluding carboxylic acids is 3. The van der Waals surface area contributed by atoms with Crippen molar-refractivity contribution in [3.63, 3.8) is 0 Å². The molecule has 11 nitrogen and oxygen atoms in total. The zero-order chi connectivity index (χ0) is 37.1. The van der Waals surface area contributed by atoms with Crippen LogP contribution < -0.4 is 10.6 Å². The monoisotopic (exact) mass is 714 g/mol. The van der Waals surface area contributed by atoms with E-state index in [0.717, 1.165) is 64.2 Å². The Labute approximate surface area is 303 Å². The van der Waals surface area contributed by atoms with E-state index in [4.69, 9.17) is 0 Å². The molecule has 0 heterocycles. The van der Waals surface area contributed by atoms with Gasteiger partial charge in [0, 0.05) is 36.2 Å². The van der Waals surface area contributed by atoms with Crippen molar-refractivity contribution >= 4 is 17.6 Å². The normalized spacial score (nSPS) is 24.4. The van der Waals surface area contributed by atoms with E-state index in [9.17, 15) is 45.0 Å². The van der Waals surface area contributed by atoms with Gasteiger partial charge in [-0.05, 0) is 154 Å². The largest absolute Gasteiger partial charge is 0.504 e. The number of carbonyl (C=O) groups is 3. The zero-order valence-electron chi connectivity index (χ0n) is 29.5. The summed E-state index contributed by atoms with van der Waals surface area (Å²) < 4.78 is 0. The molecule has 0 aromatic heterocycles. The van der Waals surface area contributed by atoms with E-state index in [0.29, 0.717) is 31.0 Å². The highest BCUT2D eigenvalue weighted by Gasteiger charge is 2.61. The molecule has 278 valence electrons. The quantitative estimate of drug-likeness (QED) is 0.0436. The predicted octanol–water partition coefficient (Wildman–Crippen LogP) is 7.04. The van der Waals surface area contributed by atoms with E-state index in [1.807, 2.05) is 0 Å². The molecule has 4 bridgehead atoms. The summed E-state index contributed by atoms with van der Waals surface area (Å²) >= 11 is 0. The lowest BCUT2D eigenvalue weighted by Gasteiger charge is -2.67. The number of benzene rings is 3. The van der Waals surface area contributed by atoms with Crippen LogP contribution in [0.1, 0.15) is 121 Å². The molecule has 0 radical (unpaired) electrons. The molecular weight excluding hydrogens is 664 g/mol. The van der Waals surface area contributed by atoms with Crippen LogP contribution >= 0.6 is 0 Å². The summed E-state index contributed by atoms with van der Waals surface area (Å²) in [6.07, 6.45) is 13.5. The van der Waals surface area contributed by atoms with Crippen molar-refractivity contribution < 1.29 is 45.0 Å². The van der Waals surface area contributed by atoms with Crippen molar-refractivity contribution in [1.82, 2.24) is 10.6 Å². The number of phenols is 6. The number of Topliss-reactive ketones (excluding diaryl/α,β-unsaturated/α-hetero) is 1.